The first kappa shape index (κ1) is 22.6. The van der Waals surface area contributed by atoms with Gasteiger partial charge in [-0.1, -0.05) is 18.2 Å². The smallest absolute Gasteiger partial charge is 0.250 e. The van der Waals surface area contributed by atoms with E-state index in [-0.39, 0.29) is 22.7 Å². The van der Waals surface area contributed by atoms with Crippen LogP contribution in [0.1, 0.15) is 29.4 Å². The lowest BCUT2D eigenvalue weighted by atomic mass is 9.83. The van der Waals surface area contributed by atoms with Crippen molar-refractivity contribution >= 4 is 11.0 Å². The zero-order valence-corrected chi connectivity index (χ0v) is 20.4. The average molecular weight is 485 g/mol. The maximum Gasteiger partial charge on any atom is 0.250 e. The molecule has 36 heavy (non-hydrogen) atoms. The van der Waals surface area contributed by atoms with Crippen LogP contribution in [0.2, 0.25) is 0 Å². The minimum Gasteiger partial charge on any atom is -0.507 e. The number of nitrogens with zero attached hydrogens (tertiary/aromatic N) is 2. The molecule has 6 rings (SSSR count). The topological polar surface area (TPSA) is 84.9 Å². The second-order valence-corrected chi connectivity index (χ2v) is 9.92. The molecule has 184 valence electrons. The first-order chi connectivity index (χ1) is 17.4. The van der Waals surface area contributed by atoms with Crippen molar-refractivity contribution in [1.82, 2.24) is 9.47 Å². The van der Waals surface area contributed by atoms with Gasteiger partial charge in [0, 0.05) is 43.9 Å². The van der Waals surface area contributed by atoms with Gasteiger partial charge in [-0.3, -0.25) is 14.5 Å². The highest BCUT2D eigenvalue weighted by Crippen LogP contribution is 2.37. The molecule has 7 heteroatoms. The Morgan fingerprint density at radius 3 is 2.61 bits per heavy atom. The number of benzene rings is 2. The molecule has 2 atom stereocenters. The van der Waals surface area contributed by atoms with Gasteiger partial charge in [-0.05, 0) is 55.2 Å². The van der Waals surface area contributed by atoms with Crippen LogP contribution in [0.15, 0.2) is 68.6 Å². The summed E-state index contributed by atoms with van der Waals surface area (Å²) in [5.74, 6) is 1.97. The average Bonchev–Trinajstić information content (AvgIpc) is 2.87. The molecule has 0 amide bonds. The third kappa shape index (κ3) is 3.71. The molecule has 4 heterocycles. The number of hydrogen-bond donors (Lipinski definition) is 1. The Morgan fingerprint density at radius 2 is 1.83 bits per heavy atom. The fourth-order valence-electron chi connectivity index (χ4n) is 6.00. The summed E-state index contributed by atoms with van der Waals surface area (Å²) in [7, 11) is 1.60. The number of piperidine rings is 1. The van der Waals surface area contributed by atoms with Crippen molar-refractivity contribution in [1.29, 1.82) is 0 Å². The molecule has 2 bridgehead atoms. The molecule has 4 aromatic rings. The number of rotatable bonds is 4. The van der Waals surface area contributed by atoms with Crippen molar-refractivity contribution in [3.05, 3.63) is 92.2 Å². The Bertz CT molecular complexity index is 1580. The molecule has 1 fully saturated rings. The van der Waals surface area contributed by atoms with Gasteiger partial charge >= 0.3 is 0 Å². The van der Waals surface area contributed by atoms with Gasteiger partial charge in [0.15, 0.2) is 0 Å². The predicted octanol–water partition coefficient (Wildman–Crippen LogP) is 4.26. The summed E-state index contributed by atoms with van der Waals surface area (Å²) in [5.41, 5.74) is 3.35. The summed E-state index contributed by atoms with van der Waals surface area (Å²) in [4.78, 5) is 28.2. The van der Waals surface area contributed by atoms with E-state index in [9.17, 15) is 14.7 Å². The van der Waals surface area contributed by atoms with Gasteiger partial charge in [0.05, 0.1) is 23.6 Å². The van der Waals surface area contributed by atoms with Crippen LogP contribution in [0.5, 0.6) is 11.5 Å². The van der Waals surface area contributed by atoms with Crippen LogP contribution in [-0.2, 0) is 13.1 Å². The molecule has 0 saturated carbocycles. The highest BCUT2D eigenvalue weighted by molar-refractivity contribution is 5.86. The normalized spacial score (nSPS) is 19.3. The van der Waals surface area contributed by atoms with E-state index in [0.29, 0.717) is 52.6 Å². The third-order valence-electron chi connectivity index (χ3n) is 7.63. The molecular formula is C29H28N2O5. The van der Waals surface area contributed by atoms with Crippen LogP contribution in [0.3, 0.4) is 0 Å². The lowest BCUT2D eigenvalue weighted by molar-refractivity contribution is 0.113. The lowest BCUT2D eigenvalue weighted by Crippen LogP contribution is -2.46. The number of hydrogen-bond acceptors (Lipinski definition) is 6. The molecule has 2 aliphatic rings. The van der Waals surface area contributed by atoms with Crippen LogP contribution in [0, 0.1) is 12.8 Å². The van der Waals surface area contributed by atoms with Crippen molar-refractivity contribution < 1.29 is 14.3 Å². The Hall–Kier alpha value is -3.84. The zero-order chi connectivity index (χ0) is 25.0. The van der Waals surface area contributed by atoms with E-state index < -0.39 is 0 Å². The van der Waals surface area contributed by atoms with Crippen LogP contribution in [0.4, 0.5) is 0 Å². The second-order valence-electron chi connectivity index (χ2n) is 9.92. The summed E-state index contributed by atoms with van der Waals surface area (Å²) in [5, 5.41) is 11.3. The quantitative estimate of drug-likeness (QED) is 0.466. The van der Waals surface area contributed by atoms with Crippen LogP contribution < -0.4 is 15.7 Å². The van der Waals surface area contributed by atoms with Gasteiger partial charge in [0.1, 0.15) is 22.8 Å². The summed E-state index contributed by atoms with van der Waals surface area (Å²) >= 11 is 0. The van der Waals surface area contributed by atoms with Crippen LogP contribution in [0.25, 0.3) is 22.1 Å². The molecule has 1 saturated heterocycles. The number of ether oxygens (including phenoxy) is 1. The molecule has 0 radical (unpaired) electrons. The Balaban J connectivity index is 1.37. The number of likely N-dealkylation sites (tertiary alicyclic amines) is 1. The Labute approximate surface area is 208 Å². The monoisotopic (exact) mass is 484 g/mol. The predicted molar refractivity (Wildman–Crippen MR) is 138 cm³/mol. The number of aromatic hydroxyl groups is 1. The van der Waals surface area contributed by atoms with Crippen molar-refractivity contribution in [3.63, 3.8) is 0 Å². The van der Waals surface area contributed by atoms with Crippen molar-refractivity contribution in [3.8, 4) is 22.6 Å². The number of phenols is 1. The van der Waals surface area contributed by atoms with Crippen molar-refractivity contribution in [2.24, 2.45) is 5.92 Å². The van der Waals surface area contributed by atoms with E-state index in [1.165, 1.54) is 0 Å². The van der Waals surface area contributed by atoms with E-state index in [4.69, 9.17) is 9.15 Å². The number of phenolic OH excluding ortho intramolecular Hbond substituents is 1. The molecule has 2 aliphatic heterocycles. The molecule has 0 aliphatic carbocycles. The van der Waals surface area contributed by atoms with E-state index in [1.54, 1.807) is 32.2 Å². The fraction of sp³-hybridized carbons (Fsp3) is 0.310. The highest BCUT2D eigenvalue weighted by atomic mass is 16.5. The summed E-state index contributed by atoms with van der Waals surface area (Å²) < 4.78 is 13.4. The number of pyridine rings is 1. The van der Waals surface area contributed by atoms with Crippen molar-refractivity contribution in [2.45, 2.75) is 32.4 Å². The lowest BCUT2D eigenvalue weighted by Gasteiger charge is -2.42. The second kappa shape index (κ2) is 8.68. The number of fused-ring (bicyclic) bond motifs is 5. The van der Waals surface area contributed by atoms with Gasteiger partial charge in [0.2, 0.25) is 5.43 Å². The van der Waals surface area contributed by atoms with Gasteiger partial charge < -0.3 is 18.8 Å². The maximum atomic E-state index is 13.6. The minimum absolute atomic E-state index is 0.0623. The molecule has 1 N–H and O–H groups in total. The number of aromatic nitrogens is 1. The number of aryl methyl sites for hydroxylation is 1. The maximum absolute atomic E-state index is 13.6. The van der Waals surface area contributed by atoms with E-state index in [0.717, 1.165) is 30.8 Å². The van der Waals surface area contributed by atoms with Gasteiger partial charge in [-0.25, -0.2) is 0 Å². The van der Waals surface area contributed by atoms with E-state index >= 15 is 0 Å². The van der Waals surface area contributed by atoms with Crippen LogP contribution in [-0.4, -0.2) is 34.8 Å². The number of methoxy groups -OCH3 is 1. The summed E-state index contributed by atoms with van der Waals surface area (Å²) in [6, 6.07) is 16.1. The Morgan fingerprint density at radius 1 is 1.03 bits per heavy atom. The standard InChI is InChI=1S/C29H28N2O5/c1-17-27(19-6-8-21(35-2)9-7-19)28(34)22-10-11-25(32)23(29(22)36-17)16-30-13-18-12-20(15-30)24-4-3-5-26(33)31(24)14-18/h3-11,18,20,32H,12-16H2,1-2H3/t18-,20-/m1/s1. The fourth-order valence-corrected chi connectivity index (χ4v) is 6.00. The third-order valence-corrected chi connectivity index (χ3v) is 7.63. The largest absolute Gasteiger partial charge is 0.507 e. The molecule has 2 aromatic heterocycles. The van der Waals surface area contributed by atoms with Crippen LogP contribution >= 0.6 is 0 Å². The molecule has 7 nitrogen and oxygen atoms in total. The molecule has 2 aromatic carbocycles. The minimum atomic E-state index is -0.121. The Kier molecular flexibility index (Phi) is 5.45. The first-order valence-electron chi connectivity index (χ1n) is 12.3. The first-order valence-corrected chi connectivity index (χ1v) is 12.3. The molecular weight excluding hydrogens is 456 g/mol. The van der Waals surface area contributed by atoms with E-state index in [1.807, 2.05) is 41.0 Å². The molecule has 0 spiro atoms. The molecule has 0 unspecified atom stereocenters. The zero-order valence-electron chi connectivity index (χ0n) is 20.4. The van der Waals surface area contributed by atoms with Gasteiger partial charge in [-0.2, -0.15) is 0 Å². The van der Waals surface area contributed by atoms with E-state index in [2.05, 4.69) is 4.90 Å². The van der Waals surface area contributed by atoms with Crippen molar-refractivity contribution in [2.75, 3.05) is 20.2 Å². The summed E-state index contributed by atoms with van der Waals surface area (Å²) in [6.07, 6.45) is 1.06. The highest BCUT2D eigenvalue weighted by Gasteiger charge is 2.35. The summed E-state index contributed by atoms with van der Waals surface area (Å²) in [6.45, 7) is 4.57. The van der Waals surface area contributed by atoms with Gasteiger partial charge in [0.25, 0.3) is 5.56 Å². The SMILES string of the molecule is COc1ccc(-c2c(C)oc3c(CN4C[C@H]5C[C@H](C4)c4cccc(=O)n4C5)c(O)ccc3c2=O)cc1. The van der Waals surface area contributed by atoms with Gasteiger partial charge in [-0.15, -0.1) is 0 Å².